The van der Waals surface area contributed by atoms with E-state index in [1.54, 1.807) is 26.8 Å². The first-order valence-electron chi connectivity index (χ1n) is 13.9. The summed E-state index contributed by atoms with van der Waals surface area (Å²) in [4.78, 5) is 46.7. The van der Waals surface area contributed by atoms with Gasteiger partial charge in [-0.05, 0) is 62.4 Å². The Labute approximate surface area is 238 Å². The van der Waals surface area contributed by atoms with E-state index in [1.807, 2.05) is 35.2 Å². The maximum absolute atomic E-state index is 13.6. The van der Waals surface area contributed by atoms with Gasteiger partial charge in [0.1, 0.15) is 11.4 Å². The van der Waals surface area contributed by atoms with Crippen LogP contribution in [0.3, 0.4) is 0 Å². The summed E-state index contributed by atoms with van der Waals surface area (Å²) < 4.78 is 5.50. The molecule has 5 rings (SSSR count). The fourth-order valence-corrected chi connectivity index (χ4v) is 5.39. The Morgan fingerprint density at radius 1 is 1.15 bits per heavy atom. The van der Waals surface area contributed by atoms with Gasteiger partial charge in [-0.15, -0.1) is 0 Å². The van der Waals surface area contributed by atoms with E-state index in [0.29, 0.717) is 30.5 Å². The van der Waals surface area contributed by atoms with Gasteiger partial charge in [-0.25, -0.2) is 9.78 Å². The van der Waals surface area contributed by atoms with Crippen LogP contribution in [0.2, 0.25) is 0 Å². The number of imidazole rings is 1. The number of non-ortho nitro benzene ring substituents is 1. The van der Waals surface area contributed by atoms with Gasteiger partial charge >= 0.3 is 6.09 Å². The second kappa shape index (κ2) is 11.6. The average molecular weight is 558 g/mol. The Balaban J connectivity index is 1.30. The number of likely N-dealkylation sites (tertiary alicyclic amines) is 1. The van der Waals surface area contributed by atoms with Gasteiger partial charge < -0.3 is 19.9 Å². The van der Waals surface area contributed by atoms with Crippen molar-refractivity contribution >= 4 is 39.5 Å². The molecule has 0 saturated carbocycles. The molecule has 0 bridgehead atoms. The van der Waals surface area contributed by atoms with Crippen LogP contribution in [0.15, 0.2) is 60.7 Å². The lowest BCUT2D eigenvalue weighted by atomic mass is 9.95. The SMILES string of the molecule is CC(C)(C)OC(=O)NC(CC(=O)N1CCCC(c2nc3ccc([N+](=O)[O-])cc3[nH]2)C1)Cc1ccc2ccccc2c1. The molecule has 2 heterocycles. The number of carbonyl (C=O) groups excluding carboxylic acids is 2. The number of nitrogens with one attached hydrogen (secondary N) is 2. The smallest absolute Gasteiger partial charge is 0.407 e. The van der Waals surface area contributed by atoms with Crippen molar-refractivity contribution in [3.63, 3.8) is 0 Å². The number of alkyl carbamates (subject to hydrolysis) is 1. The molecule has 214 valence electrons. The quantitative estimate of drug-likeness (QED) is 0.216. The van der Waals surface area contributed by atoms with Gasteiger partial charge in [0.2, 0.25) is 5.91 Å². The van der Waals surface area contributed by atoms with Gasteiger partial charge in [0.25, 0.3) is 5.69 Å². The number of ether oxygens (including phenoxy) is 1. The number of fused-ring (bicyclic) bond motifs is 2. The maximum Gasteiger partial charge on any atom is 0.407 e. The third-order valence-corrected chi connectivity index (χ3v) is 7.29. The Kier molecular flexibility index (Phi) is 7.92. The fourth-order valence-electron chi connectivity index (χ4n) is 5.39. The van der Waals surface area contributed by atoms with Crippen LogP contribution in [-0.2, 0) is 16.0 Å². The van der Waals surface area contributed by atoms with Crippen molar-refractivity contribution in [2.24, 2.45) is 0 Å². The summed E-state index contributed by atoms with van der Waals surface area (Å²) in [6.07, 6.45) is 1.72. The van der Waals surface area contributed by atoms with Crippen molar-refractivity contribution in [2.75, 3.05) is 13.1 Å². The summed E-state index contributed by atoms with van der Waals surface area (Å²) in [5.41, 5.74) is 1.63. The number of aromatic amines is 1. The van der Waals surface area contributed by atoms with Crippen LogP contribution in [0.5, 0.6) is 0 Å². The maximum atomic E-state index is 13.6. The minimum Gasteiger partial charge on any atom is -0.444 e. The standard InChI is InChI=1S/C31H35N5O5/c1-31(2,3)41-30(38)32-24(16-20-10-11-21-7-4-5-8-22(21)15-20)17-28(37)35-14-6-9-23(19-35)29-33-26-13-12-25(36(39)40)18-27(26)34-29/h4-5,7-8,10-13,15,18,23-24H,6,9,14,16-17,19H2,1-3H3,(H,32,38)(H,33,34). The molecule has 3 aromatic carbocycles. The lowest BCUT2D eigenvalue weighted by Crippen LogP contribution is -2.45. The minimum absolute atomic E-state index is 0.00286. The summed E-state index contributed by atoms with van der Waals surface area (Å²) in [5, 5.41) is 16.3. The van der Waals surface area contributed by atoms with Gasteiger partial charge in [-0.3, -0.25) is 14.9 Å². The van der Waals surface area contributed by atoms with Gasteiger partial charge in [0.15, 0.2) is 0 Å². The third kappa shape index (κ3) is 7.00. The zero-order chi connectivity index (χ0) is 29.1. The van der Waals surface area contributed by atoms with E-state index in [1.165, 1.54) is 12.1 Å². The first-order chi connectivity index (χ1) is 19.5. The number of H-pyrrole nitrogens is 1. The number of amides is 2. The van der Waals surface area contributed by atoms with E-state index in [9.17, 15) is 19.7 Å². The monoisotopic (exact) mass is 557 g/mol. The van der Waals surface area contributed by atoms with Crippen molar-refractivity contribution in [3.05, 3.63) is 82.2 Å². The van der Waals surface area contributed by atoms with Crippen LogP contribution in [0.1, 0.15) is 57.3 Å². The molecule has 1 aromatic heterocycles. The predicted octanol–water partition coefficient (Wildman–Crippen LogP) is 5.86. The molecule has 10 nitrogen and oxygen atoms in total. The van der Waals surface area contributed by atoms with Gasteiger partial charge in [0.05, 0.1) is 16.0 Å². The number of hydrogen-bond acceptors (Lipinski definition) is 6. The summed E-state index contributed by atoms with van der Waals surface area (Å²) in [7, 11) is 0. The second-order valence-corrected chi connectivity index (χ2v) is 11.7. The molecule has 2 unspecified atom stereocenters. The molecule has 1 aliphatic rings. The topological polar surface area (TPSA) is 130 Å². The van der Waals surface area contributed by atoms with Crippen LogP contribution in [0, 0.1) is 10.1 Å². The highest BCUT2D eigenvalue weighted by atomic mass is 16.6. The van der Waals surface area contributed by atoms with Gasteiger partial charge in [-0.1, -0.05) is 42.5 Å². The molecule has 1 fully saturated rings. The van der Waals surface area contributed by atoms with Crippen LogP contribution >= 0.6 is 0 Å². The number of nitro groups is 1. The lowest BCUT2D eigenvalue weighted by Gasteiger charge is -2.33. The number of aromatic nitrogens is 2. The highest BCUT2D eigenvalue weighted by Crippen LogP contribution is 2.29. The Bertz CT molecular complexity index is 1590. The molecular formula is C31H35N5O5. The van der Waals surface area contributed by atoms with Crippen LogP contribution < -0.4 is 5.32 Å². The van der Waals surface area contributed by atoms with E-state index in [-0.39, 0.29) is 23.9 Å². The van der Waals surface area contributed by atoms with E-state index in [2.05, 4.69) is 27.4 Å². The van der Waals surface area contributed by atoms with E-state index < -0.39 is 22.7 Å². The van der Waals surface area contributed by atoms with E-state index in [0.717, 1.165) is 35.0 Å². The van der Waals surface area contributed by atoms with E-state index in [4.69, 9.17) is 4.74 Å². The fraction of sp³-hybridized carbons (Fsp3) is 0.387. The van der Waals surface area contributed by atoms with Crippen molar-refractivity contribution < 1.29 is 19.2 Å². The van der Waals surface area contributed by atoms with Crippen LogP contribution in [0.25, 0.3) is 21.8 Å². The Hall–Kier alpha value is -4.47. The number of rotatable bonds is 7. The Morgan fingerprint density at radius 2 is 1.93 bits per heavy atom. The Morgan fingerprint density at radius 3 is 2.68 bits per heavy atom. The molecule has 1 aliphatic heterocycles. The largest absolute Gasteiger partial charge is 0.444 e. The van der Waals surface area contributed by atoms with Crippen LogP contribution in [-0.4, -0.2) is 56.5 Å². The molecule has 2 amide bonds. The van der Waals surface area contributed by atoms with Gasteiger partial charge in [0, 0.05) is 43.6 Å². The summed E-state index contributed by atoms with van der Waals surface area (Å²) in [6.45, 7) is 6.52. The average Bonchev–Trinajstić information content (AvgIpc) is 3.35. The molecular weight excluding hydrogens is 522 g/mol. The lowest BCUT2D eigenvalue weighted by molar-refractivity contribution is -0.384. The number of carbonyl (C=O) groups is 2. The van der Waals surface area contributed by atoms with E-state index >= 15 is 0 Å². The third-order valence-electron chi connectivity index (χ3n) is 7.29. The van der Waals surface area contributed by atoms with Crippen LogP contribution in [0.4, 0.5) is 10.5 Å². The minimum atomic E-state index is -0.658. The number of hydrogen-bond donors (Lipinski definition) is 2. The molecule has 0 spiro atoms. The molecule has 4 aromatic rings. The first-order valence-corrected chi connectivity index (χ1v) is 13.9. The molecule has 0 aliphatic carbocycles. The second-order valence-electron chi connectivity index (χ2n) is 11.7. The number of nitro benzene ring substituents is 1. The van der Waals surface area contributed by atoms with Crippen molar-refractivity contribution in [3.8, 4) is 0 Å². The zero-order valence-electron chi connectivity index (χ0n) is 23.6. The highest BCUT2D eigenvalue weighted by Gasteiger charge is 2.29. The molecule has 41 heavy (non-hydrogen) atoms. The number of benzene rings is 3. The number of nitrogens with zero attached hydrogens (tertiary/aromatic N) is 3. The van der Waals surface area contributed by atoms with Crippen molar-refractivity contribution in [2.45, 2.75) is 64.0 Å². The van der Waals surface area contributed by atoms with Crippen molar-refractivity contribution in [1.82, 2.24) is 20.2 Å². The normalized spacial score (nSPS) is 16.5. The zero-order valence-corrected chi connectivity index (χ0v) is 23.6. The molecule has 1 saturated heterocycles. The molecule has 10 heteroatoms. The predicted molar refractivity (Wildman–Crippen MR) is 157 cm³/mol. The summed E-state index contributed by atoms with van der Waals surface area (Å²) in [5.74, 6) is 0.651. The first kappa shape index (κ1) is 28.1. The summed E-state index contributed by atoms with van der Waals surface area (Å²) in [6, 6.07) is 18.4. The molecule has 2 N–H and O–H groups in total. The van der Waals surface area contributed by atoms with Gasteiger partial charge in [-0.2, -0.15) is 0 Å². The molecule has 0 radical (unpaired) electrons. The summed E-state index contributed by atoms with van der Waals surface area (Å²) >= 11 is 0. The molecule has 2 atom stereocenters. The number of piperidine rings is 1. The highest BCUT2D eigenvalue weighted by molar-refractivity contribution is 5.83. The van der Waals surface area contributed by atoms with Crippen molar-refractivity contribution in [1.29, 1.82) is 0 Å².